The van der Waals surface area contributed by atoms with Crippen LogP contribution in [0.15, 0.2) is 53.3 Å². The molecule has 26 heavy (non-hydrogen) atoms. The topological polar surface area (TPSA) is 98.0 Å². The minimum Gasteiger partial charge on any atom is -0.320 e. The number of pyridine rings is 1. The fourth-order valence-corrected chi connectivity index (χ4v) is 2.92. The van der Waals surface area contributed by atoms with Crippen LogP contribution in [0.4, 0.5) is 5.69 Å². The smallest absolute Gasteiger partial charge is 0.274 e. The molecule has 0 radical (unpaired) electrons. The molecule has 0 unspecified atom stereocenters. The first-order chi connectivity index (χ1) is 12.6. The van der Waals surface area contributed by atoms with E-state index in [1.807, 2.05) is 24.3 Å². The monoisotopic (exact) mass is 409 g/mol. The second kappa shape index (κ2) is 6.60. The second-order valence-electron chi connectivity index (χ2n) is 5.51. The van der Waals surface area contributed by atoms with Gasteiger partial charge in [0.1, 0.15) is 0 Å². The molecular weight excluding hydrogens is 398 g/mol. The lowest BCUT2D eigenvalue weighted by Crippen LogP contribution is -2.18. The molecule has 4 aromatic rings. The molecule has 4 rings (SSSR count). The molecule has 1 N–H and O–H groups in total. The summed E-state index contributed by atoms with van der Waals surface area (Å²) >= 11 is 3.42. The molecule has 0 aliphatic heterocycles. The van der Waals surface area contributed by atoms with Crippen molar-refractivity contribution in [2.45, 2.75) is 6.92 Å². The molecule has 3 heterocycles. The predicted octanol–water partition coefficient (Wildman–Crippen LogP) is 2.90. The zero-order valence-corrected chi connectivity index (χ0v) is 15.2. The molecule has 0 aliphatic rings. The van der Waals surface area contributed by atoms with E-state index < -0.39 is 0 Å². The number of hydrogen-bond donors (Lipinski definition) is 1. The van der Waals surface area contributed by atoms with Crippen molar-refractivity contribution in [2.24, 2.45) is 0 Å². The highest BCUT2D eigenvalue weighted by atomic mass is 79.9. The third kappa shape index (κ3) is 2.93. The maximum atomic E-state index is 13.0. The molecule has 0 saturated heterocycles. The minimum atomic E-state index is -0.307. The van der Waals surface area contributed by atoms with Gasteiger partial charge in [-0.1, -0.05) is 33.2 Å². The van der Waals surface area contributed by atoms with E-state index in [1.54, 1.807) is 31.5 Å². The fourth-order valence-electron chi connectivity index (χ4n) is 2.66. The van der Waals surface area contributed by atoms with Gasteiger partial charge in [-0.15, -0.1) is 0 Å². The van der Waals surface area contributed by atoms with Gasteiger partial charge >= 0.3 is 0 Å². The standard InChI is InChI=1S/C17H12BrN7O/c1-10-14(16(26)21-13-3-2-8-19-9-13)15(11-4-6-12(18)7-5-11)25-17(20-10)22-23-24-25/h2-9H,1H3,(H,21,26). The Kier molecular flexibility index (Phi) is 4.13. The van der Waals surface area contributed by atoms with Crippen LogP contribution in [-0.2, 0) is 0 Å². The maximum Gasteiger partial charge on any atom is 0.274 e. The first-order valence-electron chi connectivity index (χ1n) is 7.69. The molecule has 8 nitrogen and oxygen atoms in total. The van der Waals surface area contributed by atoms with Crippen molar-refractivity contribution < 1.29 is 4.79 Å². The molecule has 0 atom stereocenters. The van der Waals surface area contributed by atoms with Crippen molar-refractivity contribution in [1.82, 2.24) is 30.0 Å². The van der Waals surface area contributed by atoms with Crippen molar-refractivity contribution in [3.8, 4) is 11.3 Å². The number of rotatable bonds is 3. The van der Waals surface area contributed by atoms with E-state index in [9.17, 15) is 4.79 Å². The fraction of sp³-hybridized carbons (Fsp3) is 0.0588. The third-order valence-corrected chi connectivity index (χ3v) is 4.32. The van der Waals surface area contributed by atoms with E-state index in [0.29, 0.717) is 28.4 Å². The SMILES string of the molecule is Cc1nc2nnnn2c(-c2ccc(Br)cc2)c1C(=O)Nc1cccnc1. The number of halogens is 1. The van der Waals surface area contributed by atoms with Gasteiger partial charge in [0.15, 0.2) is 0 Å². The van der Waals surface area contributed by atoms with E-state index in [1.165, 1.54) is 4.52 Å². The predicted molar refractivity (Wildman–Crippen MR) is 98.6 cm³/mol. The van der Waals surface area contributed by atoms with Crippen molar-refractivity contribution in [3.05, 3.63) is 64.5 Å². The lowest BCUT2D eigenvalue weighted by molar-refractivity contribution is 0.102. The highest BCUT2D eigenvalue weighted by Crippen LogP contribution is 2.27. The molecular formula is C17H12BrN7O. The molecule has 128 valence electrons. The Bertz CT molecular complexity index is 1090. The second-order valence-corrected chi connectivity index (χ2v) is 6.43. The van der Waals surface area contributed by atoms with Gasteiger partial charge in [-0.25, -0.2) is 4.98 Å². The molecule has 1 aromatic carbocycles. The zero-order valence-electron chi connectivity index (χ0n) is 13.6. The van der Waals surface area contributed by atoms with Crippen LogP contribution in [0.3, 0.4) is 0 Å². The van der Waals surface area contributed by atoms with E-state index >= 15 is 0 Å². The normalized spacial score (nSPS) is 10.8. The molecule has 3 aromatic heterocycles. The Morgan fingerprint density at radius 2 is 2.00 bits per heavy atom. The molecule has 0 aliphatic carbocycles. The van der Waals surface area contributed by atoms with Crippen LogP contribution in [-0.4, -0.2) is 35.9 Å². The number of anilines is 1. The largest absolute Gasteiger partial charge is 0.320 e. The third-order valence-electron chi connectivity index (χ3n) is 3.80. The average molecular weight is 410 g/mol. The number of carbonyl (C=O) groups excluding carboxylic acids is 1. The van der Waals surface area contributed by atoms with Gasteiger partial charge in [-0.3, -0.25) is 9.78 Å². The van der Waals surface area contributed by atoms with Crippen LogP contribution in [0, 0.1) is 6.92 Å². The van der Waals surface area contributed by atoms with Crippen LogP contribution in [0.1, 0.15) is 16.1 Å². The Hall–Kier alpha value is -3.20. The molecule has 0 fully saturated rings. The van der Waals surface area contributed by atoms with Crippen LogP contribution in [0.25, 0.3) is 17.0 Å². The summed E-state index contributed by atoms with van der Waals surface area (Å²) in [5, 5.41) is 14.4. The van der Waals surface area contributed by atoms with Crippen molar-refractivity contribution in [2.75, 3.05) is 5.32 Å². The zero-order chi connectivity index (χ0) is 18.1. The van der Waals surface area contributed by atoms with Gasteiger partial charge in [0.2, 0.25) is 0 Å². The molecule has 0 saturated carbocycles. The van der Waals surface area contributed by atoms with Gasteiger partial charge in [0.05, 0.1) is 28.8 Å². The van der Waals surface area contributed by atoms with Crippen LogP contribution in [0.5, 0.6) is 0 Å². The number of aromatic nitrogens is 6. The molecule has 1 amide bonds. The number of aryl methyl sites for hydroxylation is 1. The summed E-state index contributed by atoms with van der Waals surface area (Å²) < 4.78 is 2.40. The lowest BCUT2D eigenvalue weighted by Gasteiger charge is -2.13. The van der Waals surface area contributed by atoms with E-state index in [0.717, 1.165) is 10.0 Å². The summed E-state index contributed by atoms with van der Waals surface area (Å²) in [6, 6.07) is 11.1. The number of nitrogens with zero attached hydrogens (tertiary/aromatic N) is 6. The number of hydrogen-bond acceptors (Lipinski definition) is 6. The summed E-state index contributed by atoms with van der Waals surface area (Å²) in [5.41, 5.74) is 2.90. The van der Waals surface area contributed by atoms with Crippen LogP contribution < -0.4 is 5.32 Å². The maximum absolute atomic E-state index is 13.0. The van der Waals surface area contributed by atoms with Gasteiger partial charge < -0.3 is 5.32 Å². The summed E-state index contributed by atoms with van der Waals surface area (Å²) in [7, 11) is 0. The van der Waals surface area contributed by atoms with Gasteiger partial charge in [-0.2, -0.15) is 4.52 Å². The first-order valence-corrected chi connectivity index (χ1v) is 8.49. The van der Waals surface area contributed by atoms with Crippen molar-refractivity contribution in [1.29, 1.82) is 0 Å². The number of carbonyl (C=O) groups is 1. The Labute approximate surface area is 156 Å². The van der Waals surface area contributed by atoms with Crippen molar-refractivity contribution >= 4 is 33.3 Å². The number of fused-ring (bicyclic) bond motifs is 1. The summed E-state index contributed by atoms with van der Waals surface area (Å²) in [6.45, 7) is 1.76. The minimum absolute atomic E-state index is 0.307. The van der Waals surface area contributed by atoms with E-state index in [2.05, 4.69) is 46.7 Å². The molecule has 0 spiro atoms. The average Bonchev–Trinajstić information content (AvgIpc) is 3.10. The number of benzene rings is 1. The van der Waals surface area contributed by atoms with Gasteiger partial charge in [0, 0.05) is 16.2 Å². The number of amides is 1. The number of tetrazole rings is 1. The Balaban J connectivity index is 1.90. The highest BCUT2D eigenvalue weighted by Gasteiger charge is 2.22. The highest BCUT2D eigenvalue weighted by molar-refractivity contribution is 9.10. The van der Waals surface area contributed by atoms with E-state index in [4.69, 9.17) is 0 Å². The lowest BCUT2D eigenvalue weighted by atomic mass is 10.0. The van der Waals surface area contributed by atoms with Crippen LogP contribution >= 0.6 is 15.9 Å². The summed E-state index contributed by atoms with van der Waals surface area (Å²) in [5.74, 6) is 0.0247. The Morgan fingerprint density at radius 3 is 2.73 bits per heavy atom. The summed E-state index contributed by atoms with van der Waals surface area (Å²) in [4.78, 5) is 21.3. The van der Waals surface area contributed by atoms with Gasteiger partial charge in [-0.05, 0) is 41.6 Å². The quantitative estimate of drug-likeness (QED) is 0.558. The molecule has 0 bridgehead atoms. The van der Waals surface area contributed by atoms with Gasteiger partial charge in [0.25, 0.3) is 11.7 Å². The summed E-state index contributed by atoms with van der Waals surface area (Å²) in [6.07, 6.45) is 3.22. The first kappa shape index (κ1) is 16.3. The Morgan fingerprint density at radius 1 is 1.19 bits per heavy atom. The van der Waals surface area contributed by atoms with Crippen LogP contribution in [0.2, 0.25) is 0 Å². The number of nitrogens with one attached hydrogen (secondary N) is 1. The molecule has 9 heteroatoms. The van der Waals surface area contributed by atoms with E-state index in [-0.39, 0.29) is 5.91 Å². The van der Waals surface area contributed by atoms with Crippen molar-refractivity contribution in [3.63, 3.8) is 0 Å².